The summed E-state index contributed by atoms with van der Waals surface area (Å²) in [6.45, 7) is 14.8. The molecule has 1 aliphatic carbocycles. The molecule has 0 radical (unpaired) electrons. The Morgan fingerprint density at radius 2 is 1.82 bits per heavy atom. The van der Waals surface area contributed by atoms with Crippen LogP contribution < -0.4 is 20.3 Å². The molecule has 202 valence electrons. The predicted octanol–water partition coefficient (Wildman–Crippen LogP) is 3.92. The van der Waals surface area contributed by atoms with Crippen LogP contribution in [0.3, 0.4) is 0 Å². The quantitative estimate of drug-likeness (QED) is 0.518. The average Bonchev–Trinajstić information content (AvgIpc) is 2.95. The second-order valence-corrected chi connectivity index (χ2v) is 11.0. The van der Waals surface area contributed by atoms with E-state index in [1.807, 2.05) is 6.07 Å². The fraction of sp³-hybridized carbons (Fsp3) is 0.571. The SMILES string of the molecule is [C-]#[N+]c1ccc(OC2CCC(NC(=O)c3ccc(N4CCC(CN5CCNCC5)CC4)nn3)CC2)cc1Cl. The van der Waals surface area contributed by atoms with E-state index < -0.39 is 0 Å². The Labute approximate surface area is 229 Å². The number of carbonyl (C=O) groups excluding carboxylic acids is 1. The van der Waals surface area contributed by atoms with Crippen molar-refractivity contribution in [2.24, 2.45) is 5.92 Å². The van der Waals surface area contributed by atoms with Crippen LogP contribution in [-0.4, -0.2) is 79.0 Å². The first-order chi connectivity index (χ1) is 18.6. The molecule has 1 aromatic heterocycles. The van der Waals surface area contributed by atoms with E-state index in [1.54, 1.807) is 24.3 Å². The minimum atomic E-state index is -0.176. The van der Waals surface area contributed by atoms with Crippen molar-refractivity contribution in [1.29, 1.82) is 0 Å². The van der Waals surface area contributed by atoms with Crippen LogP contribution in [0.15, 0.2) is 30.3 Å². The second kappa shape index (κ2) is 12.7. The van der Waals surface area contributed by atoms with E-state index in [1.165, 1.54) is 19.4 Å². The number of amides is 1. The highest BCUT2D eigenvalue weighted by Gasteiger charge is 2.26. The van der Waals surface area contributed by atoms with Crippen LogP contribution in [0.25, 0.3) is 4.85 Å². The topological polar surface area (TPSA) is 87.0 Å². The zero-order chi connectivity index (χ0) is 26.3. The molecule has 1 aromatic carbocycles. The van der Waals surface area contributed by atoms with E-state index in [9.17, 15) is 4.79 Å². The van der Waals surface area contributed by atoms with Gasteiger partial charge in [0.25, 0.3) is 5.91 Å². The van der Waals surface area contributed by atoms with Gasteiger partial charge in [-0.2, -0.15) is 0 Å². The lowest BCUT2D eigenvalue weighted by Crippen LogP contribution is -2.47. The highest BCUT2D eigenvalue weighted by atomic mass is 35.5. The molecule has 0 unspecified atom stereocenters. The van der Waals surface area contributed by atoms with Crippen molar-refractivity contribution in [3.63, 3.8) is 0 Å². The molecule has 2 N–H and O–H groups in total. The minimum Gasteiger partial charge on any atom is -0.490 e. The third-order valence-corrected chi connectivity index (χ3v) is 8.20. The van der Waals surface area contributed by atoms with Gasteiger partial charge < -0.3 is 25.2 Å². The summed E-state index contributed by atoms with van der Waals surface area (Å²) in [6.07, 6.45) is 5.74. The molecular formula is C28H36ClN7O2. The van der Waals surface area contributed by atoms with E-state index in [0.717, 1.165) is 76.7 Å². The molecule has 0 atom stereocenters. The maximum absolute atomic E-state index is 12.8. The zero-order valence-corrected chi connectivity index (χ0v) is 22.5. The number of rotatable bonds is 7. The number of ether oxygens (including phenoxy) is 1. The summed E-state index contributed by atoms with van der Waals surface area (Å²) >= 11 is 6.12. The van der Waals surface area contributed by atoms with Crippen molar-refractivity contribution in [1.82, 2.24) is 25.7 Å². The Balaban J connectivity index is 1.04. The summed E-state index contributed by atoms with van der Waals surface area (Å²) in [6, 6.07) is 8.96. The lowest BCUT2D eigenvalue weighted by molar-refractivity contribution is 0.0888. The second-order valence-electron chi connectivity index (χ2n) is 10.5. The van der Waals surface area contributed by atoms with Gasteiger partial charge in [-0.05, 0) is 68.7 Å². The number of hydrogen-bond acceptors (Lipinski definition) is 7. The lowest BCUT2D eigenvalue weighted by atomic mass is 9.93. The van der Waals surface area contributed by atoms with Gasteiger partial charge in [0.2, 0.25) is 5.69 Å². The van der Waals surface area contributed by atoms with Crippen molar-refractivity contribution in [3.05, 3.63) is 52.5 Å². The maximum atomic E-state index is 12.8. The molecule has 9 nitrogen and oxygen atoms in total. The molecule has 0 bridgehead atoms. The van der Waals surface area contributed by atoms with Crippen molar-refractivity contribution >= 4 is 29.0 Å². The zero-order valence-electron chi connectivity index (χ0n) is 21.7. The first-order valence-corrected chi connectivity index (χ1v) is 14.1. The normalized spacial score (nSPS) is 23.0. The van der Waals surface area contributed by atoms with Gasteiger partial charge in [0, 0.05) is 51.9 Å². The fourth-order valence-electron chi connectivity index (χ4n) is 5.65. The van der Waals surface area contributed by atoms with Crippen molar-refractivity contribution in [2.75, 3.05) is 50.7 Å². The number of piperazine rings is 1. The molecule has 10 heteroatoms. The molecule has 5 rings (SSSR count). The Morgan fingerprint density at radius 1 is 1.05 bits per heavy atom. The van der Waals surface area contributed by atoms with Crippen molar-refractivity contribution in [3.8, 4) is 5.75 Å². The third-order valence-electron chi connectivity index (χ3n) is 7.90. The van der Waals surface area contributed by atoms with Gasteiger partial charge in [-0.1, -0.05) is 17.7 Å². The Hall–Kier alpha value is -2.93. The van der Waals surface area contributed by atoms with E-state index in [2.05, 4.69) is 35.5 Å². The molecule has 3 fully saturated rings. The standard InChI is InChI=1S/C28H36ClN7O2/c1-30-25-7-6-23(18-24(25)29)38-22-4-2-21(3-5-22)32-28(37)26-8-9-27(34-33-26)36-14-10-20(11-15-36)19-35-16-12-31-13-17-35/h6-9,18,20-22,31H,2-5,10-17,19H2,(H,32,37). The van der Waals surface area contributed by atoms with E-state index in [4.69, 9.17) is 22.9 Å². The number of benzene rings is 1. The molecule has 1 amide bonds. The van der Waals surface area contributed by atoms with Crippen LogP contribution in [0.2, 0.25) is 5.02 Å². The number of aromatic nitrogens is 2. The molecular weight excluding hydrogens is 502 g/mol. The highest BCUT2D eigenvalue weighted by Crippen LogP contribution is 2.31. The third kappa shape index (κ3) is 6.93. The number of piperidine rings is 1. The Morgan fingerprint density at radius 3 is 2.47 bits per heavy atom. The van der Waals surface area contributed by atoms with Gasteiger partial charge in [-0.25, -0.2) is 4.85 Å². The monoisotopic (exact) mass is 537 g/mol. The summed E-state index contributed by atoms with van der Waals surface area (Å²) in [7, 11) is 0. The summed E-state index contributed by atoms with van der Waals surface area (Å²) in [5.74, 6) is 2.09. The van der Waals surface area contributed by atoms with Crippen molar-refractivity contribution < 1.29 is 9.53 Å². The summed E-state index contributed by atoms with van der Waals surface area (Å²) in [5.41, 5.74) is 0.780. The van der Waals surface area contributed by atoms with Crippen LogP contribution in [0, 0.1) is 12.5 Å². The molecule has 1 saturated carbocycles. The summed E-state index contributed by atoms with van der Waals surface area (Å²) in [5, 5.41) is 15.6. The molecule has 0 spiro atoms. The summed E-state index contributed by atoms with van der Waals surface area (Å²) < 4.78 is 6.06. The number of carbonyl (C=O) groups is 1. The predicted molar refractivity (Wildman–Crippen MR) is 148 cm³/mol. The Bertz CT molecular complexity index is 1120. The first kappa shape index (κ1) is 26.7. The van der Waals surface area contributed by atoms with Crippen molar-refractivity contribution in [2.45, 2.75) is 50.7 Å². The van der Waals surface area contributed by atoms with Gasteiger partial charge in [0.05, 0.1) is 17.7 Å². The number of hydrogen-bond donors (Lipinski definition) is 2. The highest BCUT2D eigenvalue weighted by molar-refractivity contribution is 6.33. The van der Waals surface area contributed by atoms with Gasteiger partial charge in [0.1, 0.15) is 5.75 Å². The van der Waals surface area contributed by atoms with Crippen LogP contribution in [-0.2, 0) is 0 Å². The molecule has 3 aliphatic rings. The van der Waals surface area contributed by atoms with Gasteiger partial charge in [-0.3, -0.25) is 4.79 Å². The fourth-order valence-corrected chi connectivity index (χ4v) is 5.86. The van der Waals surface area contributed by atoms with Gasteiger partial charge in [0.15, 0.2) is 11.5 Å². The van der Waals surface area contributed by atoms with E-state index in [0.29, 0.717) is 22.2 Å². The summed E-state index contributed by atoms with van der Waals surface area (Å²) in [4.78, 5) is 21.0. The number of halogens is 1. The lowest BCUT2D eigenvalue weighted by Gasteiger charge is -2.36. The minimum absolute atomic E-state index is 0.0677. The number of nitrogens with one attached hydrogen (secondary N) is 2. The molecule has 2 aromatic rings. The molecule has 2 aliphatic heterocycles. The van der Waals surface area contributed by atoms with E-state index in [-0.39, 0.29) is 18.1 Å². The van der Waals surface area contributed by atoms with Crippen LogP contribution >= 0.6 is 11.6 Å². The molecule has 2 saturated heterocycles. The van der Waals surface area contributed by atoms with E-state index >= 15 is 0 Å². The first-order valence-electron chi connectivity index (χ1n) is 13.7. The maximum Gasteiger partial charge on any atom is 0.272 e. The largest absolute Gasteiger partial charge is 0.490 e. The number of anilines is 1. The number of nitrogens with zero attached hydrogens (tertiary/aromatic N) is 5. The van der Waals surface area contributed by atoms with Gasteiger partial charge >= 0.3 is 0 Å². The van der Waals surface area contributed by atoms with Gasteiger partial charge in [-0.15, -0.1) is 10.2 Å². The van der Waals surface area contributed by atoms with Crippen LogP contribution in [0.4, 0.5) is 11.5 Å². The molecule has 3 heterocycles. The molecule has 38 heavy (non-hydrogen) atoms. The smallest absolute Gasteiger partial charge is 0.272 e. The van der Waals surface area contributed by atoms with Crippen LogP contribution in [0.1, 0.15) is 49.0 Å². The van der Waals surface area contributed by atoms with Crippen LogP contribution in [0.5, 0.6) is 5.75 Å². The average molecular weight is 538 g/mol. The Kier molecular flexibility index (Phi) is 8.94.